The molecule has 6 heteroatoms. The van der Waals surface area contributed by atoms with Gasteiger partial charge < -0.3 is 9.88 Å². The van der Waals surface area contributed by atoms with Crippen molar-refractivity contribution in [2.75, 3.05) is 13.1 Å². The first-order valence-electron chi connectivity index (χ1n) is 8.77. The van der Waals surface area contributed by atoms with Gasteiger partial charge in [0.25, 0.3) is 0 Å². The summed E-state index contributed by atoms with van der Waals surface area (Å²) in [5.41, 5.74) is 2.97. The van der Waals surface area contributed by atoms with Gasteiger partial charge in [-0.2, -0.15) is 0 Å². The minimum Gasteiger partial charge on any atom is -0.343 e. The molecule has 1 aliphatic heterocycles. The highest BCUT2D eigenvalue weighted by molar-refractivity contribution is 5.76. The van der Waals surface area contributed by atoms with E-state index in [9.17, 15) is 4.79 Å². The Bertz CT molecular complexity index is 819. The van der Waals surface area contributed by atoms with Crippen molar-refractivity contribution in [2.24, 2.45) is 0 Å². The number of rotatable bonds is 4. The largest absolute Gasteiger partial charge is 0.343 e. The summed E-state index contributed by atoms with van der Waals surface area (Å²) < 4.78 is 0. The quantitative estimate of drug-likeness (QED) is 0.795. The van der Waals surface area contributed by atoms with E-state index in [1.165, 1.54) is 0 Å². The monoisotopic (exact) mass is 335 g/mol. The Hall–Kier alpha value is -2.76. The minimum atomic E-state index is 0.203. The number of aromatic nitrogens is 4. The van der Waals surface area contributed by atoms with Crippen LogP contribution in [-0.4, -0.2) is 43.8 Å². The third-order valence-corrected chi connectivity index (χ3v) is 4.85. The second kappa shape index (κ2) is 7.01. The van der Waals surface area contributed by atoms with Crippen LogP contribution in [0.4, 0.5) is 0 Å². The van der Waals surface area contributed by atoms with Crippen LogP contribution < -0.4 is 0 Å². The SMILES string of the molecule is O=C(CCc1cnccn1)N1CCC(c2nc3ccccc3[nH]2)CC1. The van der Waals surface area contributed by atoms with Gasteiger partial charge in [-0.05, 0) is 31.4 Å². The van der Waals surface area contributed by atoms with Gasteiger partial charge in [0.05, 0.1) is 16.7 Å². The molecule has 1 fully saturated rings. The van der Waals surface area contributed by atoms with Gasteiger partial charge in [0.1, 0.15) is 5.82 Å². The van der Waals surface area contributed by atoms with Gasteiger partial charge in [0.2, 0.25) is 5.91 Å². The number of nitrogens with one attached hydrogen (secondary N) is 1. The number of hydrogen-bond donors (Lipinski definition) is 1. The second-order valence-electron chi connectivity index (χ2n) is 6.49. The van der Waals surface area contributed by atoms with Crippen LogP contribution in [0.25, 0.3) is 11.0 Å². The molecule has 1 N–H and O–H groups in total. The Kier molecular flexibility index (Phi) is 4.41. The fraction of sp³-hybridized carbons (Fsp3) is 0.368. The molecule has 0 radical (unpaired) electrons. The second-order valence-corrected chi connectivity index (χ2v) is 6.49. The average molecular weight is 335 g/mol. The average Bonchev–Trinajstić information content (AvgIpc) is 3.11. The lowest BCUT2D eigenvalue weighted by atomic mass is 9.96. The summed E-state index contributed by atoms with van der Waals surface area (Å²) in [6, 6.07) is 8.10. The normalized spacial score (nSPS) is 15.6. The number of likely N-dealkylation sites (tertiary alicyclic amines) is 1. The number of carbonyl (C=O) groups is 1. The van der Waals surface area contributed by atoms with Crippen molar-refractivity contribution in [3.8, 4) is 0 Å². The lowest BCUT2D eigenvalue weighted by Gasteiger charge is -2.31. The standard InChI is InChI=1S/C19H21N5O/c25-18(6-5-15-13-20-9-10-21-15)24-11-7-14(8-12-24)19-22-16-3-1-2-4-17(16)23-19/h1-4,9-10,13-14H,5-8,11-12H2,(H,22,23). The van der Waals surface area contributed by atoms with Crippen molar-refractivity contribution in [1.82, 2.24) is 24.8 Å². The third-order valence-electron chi connectivity index (χ3n) is 4.85. The number of amides is 1. The number of aromatic amines is 1. The summed E-state index contributed by atoms with van der Waals surface area (Å²) in [5.74, 6) is 1.65. The van der Waals surface area contributed by atoms with Crippen molar-refractivity contribution in [3.63, 3.8) is 0 Å². The number of H-pyrrole nitrogens is 1. The van der Waals surface area contributed by atoms with Crippen LogP contribution in [0.15, 0.2) is 42.9 Å². The Morgan fingerprint density at radius 3 is 2.80 bits per heavy atom. The number of benzene rings is 1. The van der Waals surface area contributed by atoms with Crippen LogP contribution in [0.5, 0.6) is 0 Å². The molecule has 25 heavy (non-hydrogen) atoms. The predicted octanol–water partition coefficient (Wildman–Crippen LogP) is 2.69. The number of nitrogens with zero attached hydrogens (tertiary/aromatic N) is 4. The number of fused-ring (bicyclic) bond motifs is 1. The van der Waals surface area contributed by atoms with E-state index < -0.39 is 0 Å². The Morgan fingerprint density at radius 1 is 1.20 bits per heavy atom. The van der Waals surface area contributed by atoms with E-state index in [0.717, 1.165) is 48.5 Å². The highest BCUT2D eigenvalue weighted by atomic mass is 16.2. The topological polar surface area (TPSA) is 74.8 Å². The van der Waals surface area contributed by atoms with Gasteiger partial charge in [0, 0.05) is 44.0 Å². The first kappa shape index (κ1) is 15.7. The van der Waals surface area contributed by atoms with E-state index in [2.05, 4.69) is 21.0 Å². The zero-order chi connectivity index (χ0) is 17.1. The molecule has 4 rings (SSSR count). The van der Waals surface area contributed by atoms with Crippen molar-refractivity contribution >= 4 is 16.9 Å². The first-order chi connectivity index (χ1) is 12.3. The summed E-state index contributed by atoms with van der Waals surface area (Å²) in [6.45, 7) is 1.59. The van der Waals surface area contributed by atoms with E-state index in [-0.39, 0.29) is 5.91 Å². The molecule has 1 aliphatic rings. The lowest BCUT2D eigenvalue weighted by molar-refractivity contribution is -0.132. The number of piperidine rings is 1. The molecule has 0 unspecified atom stereocenters. The molecule has 0 aliphatic carbocycles. The molecule has 3 aromatic rings. The Morgan fingerprint density at radius 2 is 2.04 bits per heavy atom. The fourth-order valence-corrected chi connectivity index (χ4v) is 3.42. The Labute approximate surface area is 146 Å². The molecule has 0 atom stereocenters. The van der Waals surface area contributed by atoms with Crippen LogP contribution in [0.1, 0.15) is 36.7 Å². The zero-order valence-corrected chi connectivity index (χ0v) is 14.1. The fourth-order valence-electron chi connectivity index (χ4n) is 3.42. The van der Waals surface area contributed by atoms with Gasteiger partial charge >= 0.3 is 0 Å². The molecule has 128 valence electrons. The molecule has 1 aromatic carbocycles. The summed E-state index contributed by atoms with van der Waals surface area (Å²) in [5, 5.41) is 0. The third kappa shape index (κ3) is 3.52. The van der Waals surface area contributed by atoms with Gasteiger partial charge in [-0.25, -0.2) is 4.98 Å². The van der Waals surface area contributed by atoms with Crippen LogP contribution in [0.3, 0.4) is 0 Å². The molecule has 1 saturated heterocycles. The maximum atomic E-state index is 12.4. The highest BCUT2D eigenvalue weighted by Crippen LogP contribution is 2.28. The van der Waals surface area contributed by atoms with Gasteiger partial charge in [-0.15, -0.1) is 0 Å². The lowest BCUT2D eigenvalue weighted by Crippen LogP contribution is -2.38. The predicted molar refractivity (Wildman–Crippen MR) is 95.0 cm³/mol. The molecule has 0 bridgehead atoms. The smallest absolute Gasteiger partial charge is 0.222 e. The van der Waals surface area contributed by atoms with E-state index >= 15 is 0 Å². The summed E-state index contributed by atoms with van der Waals surface area (Å²) in [7, 11) is 0. The first-order valence-corrected chi connectivity index (χ1v) is 8.77. The zero-order valence-electron chi connectivity index (χ0n) is 14.1. The molecule has 1 amide bonds. The van der Waals surface area contributed by atoms with E-state index in [1.54, 1.807) is 18.6 Å². The van der Waals surface area contributed by atoms with Crippen molar-refractivity contribution in [3.05, 3.63) is 54.4 Å². The molecular weight excluding hydrogens is 314 g/mol. The summed E-state index contributed by atoms with van der Waals surface area (Å²) in [4.78, 5) is 30.8. The van der Waals surface area contributed by atoms with Crippen molar-refractivity contribution in [2.45, 2.75) is 31.6 Å². The van der Waals surface area contributed by atoms with Gasteiger partial charge in [-0.3, -0.25) is 14.8 Å². The molecule has 0 spiro atoms. The van der Waals surface area contributed by atoms with E-state index in [0.29, 0.717) is 18.8 Å². The molecule has 6 nitrogen and oxygen atoms in total. The van der Waals surface area contributed by atoms with Crippen molar-refractivity contribution < 1.29 is 4.79 Å². The maximum Gasteiger partial charge on any atom is 0.222 e. The number of carbonyl (C=O) groups excluding carboxylic acids is 1. The van der Waals surface area contributed by atoms with E-state index in [1.807, 2.05) is 23.1 Å². The Balaban J connectivity index is 1.32. The number of para-hydroxylation sites is 2. The van der Waals surface area contributed by atoms with Crippen LogP contribution in [0.2, 0.25) is 0 Å². The highest BCUT2D eigenvalue weighted by Gasteiger charge is 2.25. The van der Waals surface area contributed by atoms with Crippen LogP contribution >= 0.6 is 0 Å². The maximum absolute atomic E-state index is 12.4. The van der Waals surface area contributed by atoms with Gasteiger partial charge in [-0.1, -0.05) is 12.1 Å². The van der Waals surface area contributed by atoms with E-state index in [4.69, 9.17) is 4.98 Å². The number of imidazole rings is 1. The van der Waals surface area contributed by atoms with Crippen LogP contribution in [-0.2, 0) is 11.2 Å². The van der Waals surface area contributed by atoms with Gasteiger partial charge in [0.15, 0.2) is 0 Å². The molecule has 0 saturated carbocycles. The molecule has 2 aromatic heterocycles. The summed E-state index contributed by atoms with van der Waals surface area (Å²) in [6.07, 6.45) is 8.09. The van der Waals surface area contributed by atoms with Crippen molar-refractivity contribution in [1.29, 1.82) is 0 Å². The minimum absolute atomic E-state index is 0.203. The number of hydrogen-bond acceptors (Lipinski definition) is 4. The summed E-state index contributed by atoms with van der Waals surface area (Å²) >= 11 is 0. The molecular formula is C19H21N5O. The van der Waals surface area contributed by atoms with Crippen LogP contribution in [0, 0.1) is 0 Å². The molecule has 3 heterocycles. The number of aryl methyl sites for hydroxylation is 1.